The molecule has 1 aromatic carbocycles. The number of nitriles is 1. The molecule has 4 nitrogen and oxygen atoms in total. The second kappa shape index (κ2) is 4.41. The van der Waals surface area contributed by atoms with Gasteiger partial charge in [-0.15, -0.1) is 0 Å². The molecule has 78 valence electrons. The molecule has 0 atom stereocenters. The van der Waals surface area contributed by atoms with Crippen LogP contribution < -0.4 is 5.32 Å². The van der Waals surface area contributed by atoms with Crippen molar-refractivity contribution in [2.75, 3.05) is 5.32 Å². The van der Waals surface area contributed by atoms with Crippen LogP contribution in [0.25, 0.3) is 0 Å². The Kier molecular flexibility index (Phi) is 2.79. The molecule has 0 saturated carbocycles. The molecule has 0 spiro atoms. The third kappa shape index (κ3) is 2.34. The van der Waals surface area contributed by atoms with Gasteiger partial charge in [-0.3, -0.25) is 0 Å². The van der Waals surface area contributed by atoms with E-state index in [-0.39, 0.29) is 0 Å². The van der Waals surface area contributed by atoms with E-state index in [1.54, 1.807) is 6.07 Å². The normalized spacial score (nSPS) is 9.50. The first-order chi connectivity index (χ1) is 7.78. The molecule has 2 rings (SSSR count). The van der Waals surface area contributed by atoms with E-state index in [4.69, 9.17) is 5.26 Å². The van der Waals surface area contributed by atoms with Crippen molar-refractivity contribution in [3.8, 4) is 6.07 Å². The third-order valence-corrected chi connectivity index (χ3v) is 2.07. The molecule has 0 fully saturated rings. The maximum absolute atomic E-state index is 8.70. The summed E-state index contributed by atoms with van der Waals surface area (Å²) in [5.41, 5.74) is 2.47. The smallest absolute Gasteiger partial charge is 0.145 e. The summed E-state index contributed by atoms with van der Waals surface area (Å²) >= 11 is 0. The molecule has 16 heavy (non-hydrogen) atoms. The van der Waals surface area contributed by atoms with Crippen LogP contribution in [0.3, 0.4) is 0 Å². The predicted molar refractivity (Wildman–Crippen MR) is 61.2 cm³/mol. The molecule has 0 saturated heterocycles. The topological polar surface area (TPSA) is 61.6 Å². The van der Waals surface area contributed by atoms with E-state index in [1.807, 2.05) is 37.3 Å². The van der Waals surface area contributed by atoms with Crippen LogP contribution in [0.5, 0.6) is 0 Å². The van der Waals surface area contributed by atoms with Crippen LogP contribution in [-0.2, 0) is 0 Å². The van der Waals surface area contributed by atoms with Gasteiger partial charge in [-0.2, -0.15) is 5.26 Å². The SMILES string of the molecule is Cc1cccc(Nc2cc(C#N)ncn2)c1. The van der Waals surface area contributed by atoms with Crippen LogP contribution in [-0.4, -0.2) is 9.97 Å². The molecule has 2 aromatic rings. The van der Waals surface area contributed by atoms with Gasteiger partial charge in [0.05, 0.1) is 0 Å². The fraction of sp³-hybridized carbons (Fsp3) is 0.0833. The van der Waals surface area contributed by atoms with Gasteiger partial charge in [0.1, 0.15) is 23.9 Å². The lowest BCUT2D eigenvalue weighted by atomic mass is 10.2. The Hall–Kier alpha value is -2.41. The summed E-state index contributed by atoms with van der Waals surface area (Å²) < 4.78 is 0. The van der Waals surface area contributed by atoms with E-state index in [0.717, 1.165) is 5.69 Å². The highest BCUT2D eigenvalue weighted by molar-refractivity contribution is 5.57. The number of rotatable bonds is 2. The highest BCUT2D eigenvalue weighted by Crippen LogP contribution is 2.15. The number of nitrogens with one attached hydrogen (secondary N) is 1. The van der Waals surface area contributed by atoms with Crippen molar-refractivity contribution in [3.05, 3.63) is 47.9 Å². The van der Waals surface area contributed by atoms with Crippen molar-refractivity contribution in [2.24, 2.45) is 0 Å². The van der Waals surface area contributed by atoms with E-state index < -0.39 is 0 Å². The molecule has 4 heteroatoms. The Morgan fingerprint density at radius 2 is 2.12 bits per heavy atom. The van der Waals surface area contributed by atoms with Gasteiger partial charge in [0, 0.05) is 11.8 Å². The molecule has 1 N–H and O–H groups in total. The average molecular weight is 210 g/mol. The van der Waals surface area contributed by atoms with Crippen LogP contribution in [0.4, 0.5) is 11.5 Å². The Morgan fingerprint density at radius 3 is 2.88 bits per heavy atom. The van der Waals surface area contributed by atoms with Crippen molar-refractivity contribution < 1.29 is 0 Å². The number of aromatic nitrogens is 2. The summed E-state index contributed by atoms with van der Waals surface area (Å²) in [6.45, 7) is 2.02. The number of hydrogen-bond donors (Lipinski definition) is 1. The third-order valence-electron chi connectivity index (χ3n) is 2.07. The maximum atomic E-state index is 8.70. The minimum Gasteiger partial charge on any atom is -0.340 e. The van der Waals surface area contributed by atoms with E-state index in [2.05, 4.69) is 15.3 Å². The Balaban J connectivity index is 2.24. The first-order valence-electron chi connectivity index (χ1n) is 4.84. The number of hydrogen-bond acceptors (Lipinski definition) is 4. The van der Waals surface area contributed by atoms with Gasteiger partial charge in [0.15, 0.2) is 0 Å². The van der Waals surface area contributed by atoms with Crippen molar-refractivity contribution in [2.45, 2.75) is 6.92 Å². The fourth-order valence-electron chi connectivity index (χ4n) is 1.36. The summed E-state index contributed by atoms with van der Waals surface area (Å²) in [5, 5.41) is 11.8. The van der Waals surface area contributed by atoms with Crippen LogP contribution in [0.1, 0.15) is 11.3 Å². The average Bonchev–Trinajstić information content (AvgIpc) is 2.29. The quantitative estimate of drug-likeness (QED) is 0.826. The van der Waals surface area contributed by atoms with Gasteiger partial charge in [-0.1, -0.05) is 12.1 Å². The van der Waals surface area contributed by atoms with E-state index in [9.17, 15) is 0 Å². The van der Waals surface area contributed by atoms with E-state index >= 15 is 0 Å². The molecule has 0 unspecified atom stereocenters. The van der Waals surface area contributed by atoms with E-state index in [1.165, 1.54) is 11.9 Å². The van der Waals surface area contributed by atoms with Crippen LogP contribution >= 0.6 is 0 Å². The first-order valence-corrected chi connectivity index (χ1v) is 4.84. The van der Waals surface area contributed by atoms with Crippen LogP contribution in [0.15, 0.2) is 36.7 Å². The zero-order chi connectivity index (χ0) is 11.4. The number of nitrogens with zero attached hydrogens (tertiary/aromatic N) is 3. The summed E-state index contributed by atoms with van der Waals surface area (Å²) in [7, 11) is 0. The molecule has 0 amide bonds. The van der Waals surface area contributed by atoms with Gasteiger partial charge in [-0.05, 0) is 24.6 Å². The number of benzene rings is 1. The van der Waals surface area contributed by atoms with E-state index in [0.29, 0.717) is 11.5 Å². The highest BCUT2D eigenvalue weighted by Gasteiger charge is 1.98. The van der Waals surface area contributed by atoms with Gasteiger partial charge < -0.3 is 5.32 Å². The molecule has 0 aliphatic heterocycles. The Morgan fingerprint density at radius 1 is 1.25 bits per heavy atom. The molecule has 0 aliphatic carbocycles. The van der Waals surface area contributed by atoms with Gasteiger partial charge in [0.25, 0.3) is 0 Å². The van der Waals surface area contributed by atoms with Crippen molar-refractivity contribution in [1.29, 1.82) is 5.26 Å². The Bertz CT molecular complexity index is 543. The molecule has 1 aromatic heterocycles. The summed E-state index contributed by atoms with van der Waals surface area (Å²) in [6, 6.07) is 11.5. The zero-order valence-corrected chi connectivity index (χ0v) is 8.81. The molecule has 0 bridgehead atoms. The lowest BCUT2D eigenvalue weighted by Gasteiger charge is -2.05. The first kappa shape index (κ1) is 10.1. The Labute approximate surface area is 93.6 Å². The largest absolute Gasteiger partial charge is 0.340 e. The molecular weight excluding hydrogens is 200 g/mol. The number of aryl methyl sites for hydroxylation is 1. The highest BCUT2D eigenvalue weighted by atomic mass is 15.0. The summed E-state index contributed by atoms with van der Waals surface area (Å²) in [5.74, 6) is 0.622. The number of anilines is 2. The zero-order valence-electron chi connectivity index (χ0n) is 8.81. The monoisotopic (exact) mass is 210 g/mol. The standard InChI is InChI=1S/C12H10N4/c1-9-3-2-4-10(5-9)16-12-6-11(7-13)14-8-15-12/h2-6,8H,1H3,(H,14,15,16). The second-order valence-electron chi connectivity index (χ2n) is 3.39. The van der Waals surface area contributed by atoms with Crippen molar-refractivity contribution in [1.82, 2.24) is 9.97 Å². The summed E-state index contributed by atoms with van der Waals surface area (Å²) in [6.07, 6.45) is 1.37. The lowest BCUT2D eigenvalue weighted by Crippen LogP contribution is -1.95. The minimum atomic E-state index is 0.352. The molecule has 1 heterocycles. The van der Waals surface area contributed by atoms with Crippen molar-refractivity contribution >= 4 is 11.5 Å². The summed E-state index contributed by atoms with van der Waals surface area (Å²) in [4.78, 5) is 7.84. The lowest BCUT2D eigenvalue weighted by molar-refractivity contribution is 1.14. The maximum Gasteiger partial charge on any atom is 0.145 e. The van der Waals surface area contributed by atoms with Gasteiger partial charge >= 0.3 is 0 Å². The molecule has 0 radical (unpaired) electrons. The fourth-order valence-corrected chi connectivity index (χ4v) is 1.36. The second-order valence-corrected chi connectivity index (χ2v) is 3.39. The minimum absolute atomic E-state index is 0.352. The van der Waals surface area contributed by atoms with Gasteiger partial charge in [-0.25, -0.2) is 9.97 Å². The molecular formula is C12H10N4. The predicted octanol–water partition coefficient (Wildman–Crippen LogP) is 2.40. The van der Waals surface area contributed by atoms with Crippen molar-refractivity contribution in [3.63, 3.8) is 0 Å². The van der Waals surface area contributed by atoms with Gasteiger partial charge in [0.2, 0.25) is 0 Å². The van der Waals surface area contributed by atoms with Crippen LogP contribution in [0.2, 0.25) is 0 Å². The molecule has 0 aliphatic rings. The van der Waals surface area contributed by atoms with Crippen LogP contribution in [0, 0.1) is 18.3 Å².